The molecule has 0 aliphatic carbocycles. The Kier molecular flexibility index (Phi) is 8.13. The highest BCUT2D eigenvalue weighted by Crippen LogP contribution is 2.31. The Bertz CT molecular complexity index is 1420. The fourth-order valence-corrected chi connectivity index (χ4v) is 5.06. The summed E-state index contributed by atoms with van der Waals surface area (Å²) in [6.07, 6.45) is -1.70. The predicted molar refractivity (Wildman–Crippen MR) is 134 cm³/mol. The molecule has 1 saturated heterocycles. The summed E-state index contributed by atoms with van der Waals surface area (Å²) in [7, 11) is 0. The van der Waals surface area contributed by atoms with Crippen molar-refractivity contribution in [1.82, 2.24) is 24.9 Å². The van der Waals surface area contributed by atoms with Crippen LogP contribution in [0.15, 0.2) is 42.9 Å². The van der Waals surface area contributed by atoms with Crippen LogP contribution in [0.2, 0.25) is 0 Å². The van der Waals surface area contributed by atoms with Crippen LogP contribution in [0.4, 0.5) is 22.0 Å². The van der Waals surface area contributed by atoms with Gasteiger partial charge in [-0.2, -0.15) is 13.2 Å². The van der Waals surface area contributed by atoms with Gasteiger partial charge in [-0.25, -0.2) is 13.8 Å². The zero-order valence-electron chi connectivity index (χ0n) is 21.9. The summed E-state index contributed by atoms with van der Waals surface area (Å²) < 4.78 is 68.6. The van der Waals surface area contributed by atoms with E-state index in [0.717, 1.165) is 12.1 Å². The highest BCUT2D eigenvalue weighted by Gasteiger charge is 2.42. The Balaban J connectivity index is 1.64. The smallest absolute Gasteiger partial charge is 0.349 e. The molecule has 2 aromatic heterocycles. The van der Waals surface area contributed by atoms with Crippen molar-refractivity contribution >= 4 is 23.2 Å². The van der Waals surface area contributed by atoms with E-state index in [1.54, 1.807) is 41.3 Å². The number of hydrogen-bond acceptors (Lipinski definition) is 4. The van der Waals surface area contributed by atoms with Crippen LogP contribution in [-0.2, 0) is 9.59 Å². The van der Waals surface area contributed by atoms with E-state index in [9.17, 15) is 36.3 Å². The van der Waals surface area contributed by atoms with Crippen molar-refractivity contribution in [2.75, 3.05) is 13.1 Å². The highest BCUT2D eigenvalue weighted by atomic mass is 19.4. The monoisotopic (exact) mass is 565 g/mol. The normalized spacial score (nSPS) is 18.6. The Morgan fingerprint density at radius 1 is 1.10 bits per heavy atom. The number of carbonyl (C=O) groups excluding carboxylic acids is 3. The molecule has 3 amide bonds. The van der Waals surface area contributed by atoms with Gasteiger partial charge in [0.05, 0.1) is 29.1 Å². The van der Waals surface area contributed by atoms with Crippen LogP contribution in [-0.4, -0.2) is 63.4 Å². The largest absolute Gasteiger partial charge is 0.471 e. The fourth-order valence-electron chi connectivity index (χ4n) is 5.06. The first kappa shape index (κ1) is 29.0. The van der Waals surface area contributed by atoms with Crippen molar-refractivity contribution in [3.8, 4) is 0 Å². The first-order valence-corrected chi connectivity index (χ1v) is 12.6. The Labute approximate surface area is 226 Å². The summed E-state index contributed by atoms with van der Waals surface area (Å²) in [6, 6.07) is 3.77. The number of aromatic nitrogens is 2. The summed E-state index contributed by atoms with van der Waals surface area (Å²) in [4.78, 5) is 44.1. The molecule has 3 atom stereocenters. The number of amides is 3. The van der Waals surface area contributed by atoms with Gasteiger partial charge in [-0.15, -0.1) is 0 Å². The number of pyridine rings is 1. The van der Waals surface area contributed by atoms with Gasteiger partial charge in [0.2, 0.25) is 5.91 Å². The summed E-state index contributed by atoms with van der Waals surface area (Å²) >= 11 is 0. The van der Waals surface area contributed by atoms with Gasteiger partial charge in [-0.1, -0.05) is 13.8 Å². The van der Waals surface area contributed by atoms with E-state index in [1.807, 2.05) is 0 Å². The maximum absolute atomic E-state index is 14.1. The van der Waals surface area contributed by atoms with Crippen LogP contribution in [0.3, 0.4) is 0 Å². The third-order valence-corrected chi connectivity index (χ3v) is 7.01. The minimum atomic E-state index is -5.20. The quantitative estimate of drug-likeness (QED) is 0.446. The lowest BCUT2D eigenvalue weighted by Gasteiger charge is -2.40. The van der Waals surface area contributed by atoms with Gasteiger partial charge in [-0.3, -0.25) is 14.4 Å². The molecule has 8 nitrogen and oxygen atoms in total. The average Bonchev–Trinajstić information content (AvgIpc) is 3.26. The molecular weight excluding hydrogens is 537 g/mol. The Morgan fingerprint density at radius 2 is 1.77 bits per heavy atom. The molecular formula is C27H28F5N5O3. The van der Waals surface area contributed by atoms with Gasteiger partial charge in [0.1, 0.15) is 17.7 Å². The molecule has 0 saturated carbocycles. The lowest BCUT2D eigenvalue weighted by molar-refractivity contribution is -0.175. The number of alkyl halides is 3. The van der Waals surface area contributed by atoms with Crippen molar-refractivity contribution in [3.63, 3.8) is 0 Å². The van der Waals surface area contributed by atoms with E-state index in [0.29, 0.717) is 22.8 Å². The molecule has 3 aromatic rings. The molecule has 40 heavy (non-hydrogen) atoms. The number of nitrogens with one attached hydrogen (secondary N) is 2. The fraction of sp³-hybridized carbons (Fsp3) is 0.407. The molecule has 2 N–H and O–H groups in total. The molecule has 0 radical (unpaired) electrons. The number of nitrogens with zero attached hydrogens (tertiary/aromatic N) is 3. The maximum Gasteiger partial charge on any atom is 0.471 e. The van der Waals surface area contributed by atoms with Crippen molar-refractivity contribution < 1.29 is 36.3 Å². The maximum atomic E-state index is 14.1. The first-order chi connectivity index (χ1) is 18.8. The molecule has 214 valence electrons. The second-order valence-electron chi connectivity index (χ2n) is 10.2. The number of fused-ring (bicyclic) bond motifs is 1. The van der Waals surface area contributed by atoms with E-state index in [-0.39, 0.29) is 31.0 Å². The van der Waals surface area contributed by atoms with Gasteiger partial charge in [0.15, 0.2) is 0 Å². The number of likely N-dealkylation sites (tertiary alicyclic amines) is 1. The number of carbonyl (C=O) groups is 3. The summed E-state index contributed by atoms with van der Waals surface area (Å²) in [5.74, 6) is -6.62. The van der Waals surface area contributed by atoms with Crippen molar-refractivity contribution in [3.05, 3.63) is 71.3 Å². The Hall–Kier alpha value is -4.03. The van der Waals surface area contributed by atoms with Crippen LogP contribution < -0.4 is 10.6 Å². The molecule has 1 aliphatic rings. The van der Waals surface area contributed by atoms with Gasteiger partial charge in [0.25, 0.3) is 5.91 Å². The van der Waals surface area contributed by atoms with E-state index in [2.05, 4.69) is 10.3 Å². The molecule has 1 aromatic carbocycles. The summed E-state index contributed by atoms with van der Waals surface area (Å²) in [5.41, 5.74) is 1.80. The molecule has 1 fully saturated rings. The van der Waals surface area contributed by atoms with Crippen LogP contribution in [0.5, 0.6) is 0 Å². The average molecular weight is 566 g/mol. The van der Waals surface area contributed by atoms with Gasteiger partial charge in [-0.05, 0) is 49.1 Å². The zero-order valence-corrected chi connectivity index (χ0v) is 21.9. The number of benzene rings is 1. The molecule has 13 heteroatoms. The van der Waals surface area contributed by atoms with Crippen molar-refractivity contribution in [2.24, 2.45) is 5.92 Å². The minimum Gasteiger partial charge on any atom is -0.349 e. The van der Waals surface area contributed by atoms with Gasteiger partial charge >= 0.3 is 12.1 Å². The second-order valence-corrected chi connectivity index (χ2v) is 10.2. The third-order valence-electron chi connectivity index (χ3n) is 7.01. The van der Waals surface area contributed by atoms with Crippen molar-refractivity contribution in [1.29, 1.82) is 0 Å². The van der Waals surface area contributed by atoms with E-state index >= 15 is 0 Å². The summed E-state index contributed by atoms with van der Waals surface area (Å²) in [5, 5.41) is 4.36. The van der Waals surface area contributed by atoms with E-state index < -0.39 is 53.5 Å². The number of imidazole rings is 1. The first-order valence-electron chi connectivity index (χ1n) is 12.6. The molecule has 0 bridgehead atoms. The molecule has 4 rings (SSSR count). The number of rotatable bonds is 6. The van der Waals surface area contributed by atoms with E-state index in [4.69, 9.17) is 0 Å². The summed E-state index contributed by atoms with van der Waals surface area (Å²) in [6.45, 7) is 4.76. The van der Waals surface area contributed by atoms with Crippen LogP contribution >= 0.6 is 0 Å². The second kappa shape index (κ2) is 11.2. The minimum absolute atomic E-state index is 0.0976. The topological polar surface area (TPSA) is 95.8 Å². The standard InChI is InChI=1S/C27H28F5N5O3/c1-14(2)22(35-26(40)27(30,31)32)24(38)34-21-12-36(8-6-19(21)16-9-17(28)11-18(29)10-16)25(39)20-5-4-7-37-13-33-15(3)23(20)37/h4-5,7,9-11,13-14,19,21-22H,6,8,12H2,1-3H3,(H,34,38)(H,35,40)/t19-,21+,22+/m0/s1. The van der Waals surface area contributed by atoms with Gasteiger partial charge < -0.3 is 19.9 Å². The van der Waals surface area contributed by atoms with E-state index in [1.165, 1.54) is 18.7 Å². The molecule has 3 heterocycles. The highest BCUT2D eigenvalue weighted by molar-refractivity contribution is 6.01. The number of halogens is 5. The third kappa shape index (κ3) is 6.07. The van der Waals surface area contributed by atoms with Crippen LogP contribution in [0.25, 0.3) is 5.52 Å². The molecule has 0 spiro atoms. The molecule has 0 unspecified atom stereocenters. The molecule has 1 aliphatic heterocycles. The lowest BCUT2D eigenvalue weighted by Crippen LogP contribution is -2.59. The van der Waals surface area contributed by atoms with Crippen molar-refractivity contribution in [2.45, 2.75) is 51.4 Å². The lowest BCUT2D eigenvalue weighted by atomic mass is 9.84. The predicted octanol–water partition coefficient (Wildman–Crippen LogP) is 3.74. The van der Waals surface area contributed by atoms with Crippen LogP contribution in [0, 0.1) is 24.5 Å². The SMILES string of the molecule is Cc1ncn2cccc(C(=O)N3CC[C@@H](c4cc(F)cc(F)c4)[C@H](NC(=O)[C@H](NC(=O)C(F)(F)F)C(C)C)C3)c12. The zero-order chi connectivity index (χ0) is 29.4. The van der Waals surface area contributed by atoms with Crippen LogP contribution in [0.1, 0.15) is 47.8 Å². The number of hydrogen-bond donors (Lipinski definition) is 2. The Morgan fingerprint density at radius 3 is 2.40 bits per heavy atom. The number of aryl methyl sites for hydroxylation is 1. The van der Waals surface area contributed by atoms with Gasteiger partial charge in [0, 0.05) is 31.3 Å². The number of piperidine rings is 1.